The van der Waals surface area contributed by atoms with Crippen molar-refractivity contribution in [2.24, 2.45) is 11.8 Å². The van der Waals surface area contributed by atoms with Gasteiger partial charge in [-0.3, -0.25) is 9.69 Å². The third kappa shape index (κ3) is 3.96. The Kier molecular flexibility index (Phi) is 4.95. The van der Waals surface area contributed by atoms with Crippen LogP contribution in [0.3, 0.4) is 0 Å². The smallest absolute Gasteiger partial charge is 0.305 e. The van der Waals surface area contributed by atoms with Gasteiger partial charge in [0.15, 0.2) is 0 Å². The van der Waals surface area contributed by atoms with E-state index in [9.17, 15) is 4.79 Å². The molecule has 0 saturated carbocycles. The highest BCUT2D eigenvalue weighted by Crippen LogP contribution is 2.27. The van der Waals surface area contributed by atoms with Crippen molar-refractivity contribution in [3.63, 3.8) is 0 Å². The summed E-state index contributed by atoms with van der Waals surface area (Å²) in [4.78, 5) is 13.4. The van der Waals surface area contributed by atoms with Crippen LogP contribution in [0.25, 0.3) is 0 Å². The molecule has 0 aromatic rings. The molecule has 0 radical (unpaired) electrons. The van der Waals surface area contributed by atoms with Gasteiger partial charge in [0, 0.05) is 26.2 Å². The first-order valence-electron chi connectivity index (χ1n) is 6.53. The van der Waals surface area contributed by atoms with E-state index >= 15 is 0 Å². The third-order valence-corrected chi connectivity index (χ3v) is 3.23. The first-order chi connectivity index (χ1) is 7.85. The number of carboxylic acids is 1. The molecule has 1 heterocycles. The van der Waals surface area contributed by atoms with Gasteiger partial charge in [-0.25, -0.2) is 0 Å². The van der Waals surface area contributed by atoms with E-state index in [0.29, 0.717) is 11.8 Å². The molecule has 2 N–H and O–H groups in total. The normalized spacial score (nSPS) is 18.8. The van der Waals surface area contributed by atoms with E-state index in [1.165, 1.54) is 0 Å². The average Bonchev–Trinajstić information content (AvgIpc) is 2.08. The average molecular weight is 242 g/mol. The summed E-state index contributed by atoms with van der Waals surface area (Å²) in [6.45, 7) is 12.3. The first-order valence-corrected chi connectivity index (χ1v) is 6.53. The predicted octanol–water partition coefficient (Wildman–Crippen LogP) is 1.42. The van der Waals surface area contributed by atoms with Gasteiger partial charge in [0.05, 0.1) is 12.0 Å². The molecule has 0 bridgehead atoms. The minimum Gasteiger partial charge on any atom is -0.481 e. The largest absolute Gasteiger partial charge is 0.481 e. The van der Waals surface area contributed by atoms with Gasteiger partial charge in [-0.1, -0.05) is 27.7 Å². The van der Waals surface area contributed by atoms with Crippen LogP contribution < -0.4 is 5.32 Å². The predicted molar refractivity (Wildman–Crippen MR) is 69.1 cm³/mol. The fraction of sp³-hybridized carbons (Fsp3) is 0.923. The molecule has 1 saturated heterocycles. The highest BCUT2D eigenvalue weighted by molar-refractivity contribution is 5.68. The van der Waals surface area contributed by atoms with Gasteiger partial charge in [0.25, 0.3) is 0 Å². The van der Waals surface area contributed by atoms with Crippen LogP contribution in [0.1, 0.15) is 34.1 Å². The molecule has 0 atom stereocenters. The molecule has 0 unspecified atom stereocenters. The zero-order chi connectivity index (χ0) is 13.1. The quantitative estimate of drug-likeness (QED) is 0.709. The molecule has 1 rings (SSSR count). The van der Waals surface area contributed by atoms with Gasteiger partial charge in [0.1, 0.15) is 0 Å². The molecule has 0 aromatic heterocycles. The number of rotatable bonds is 7. The molecule has 17 heavy (non-hydrogen) atoms. The molecule has 0 amide bonds. The molecule has 1 fully saturated rings. The second-order valence-electron chi connectivity index (χ2n) is 6.09. The van der Waals surface area contributed by atoms with Gasteiger partial charge in [-0.05, 0) is 11.8 Å². The molecule has 0 aliphatic carbocycles. The lowest BCUT2D eigenvalue weighted by Gasteiger charge is -2.51. The Bertz CT molecular complexity index is 250. The van der Waals surface area contributed by atoms with Crippen molar-refractivity contribution >= 4 is 5.97 Å². The highest BCUT2D eigenvalue weighted by atomic mass is 16.4. The van der Waals surface area contributed by atoms with Crippen LogP contribution in [0.2, 0.25) is 0 Å². The number of hydrogen-bond donors (Lipinski definition) is 2. The summed E-state index contributed by atoms with van der Waals surface area (Å²) >= 11 is 0. The maximum atomic E-state index is 11.0. The Labute approximate surface area is 104 Å². The molecule has 1 aliphatic rings. The Morgan fingerprint density at radius 3 is 1.94 bits per heavy atom. The number of aliphatic carboxylic acids is 1. The van der Waals surface area contributed by atoms with E-state index in [4.69, 9.17) is 5.11 Å². The lowest BCUT2D eigenvalue weighted by atomic mass is 9.85. The van der Waals surface area contributed by atoms with Crippen LogP contribution in [0.15, 0.2) is 0 Å². The molecule has 1 aliphatic heterocycles. The Balaban J connectivity index is 2.73. The van der Waals surface area contributed by atoms with Crippen molar-refractivity contribution in [1.29, 1.82) is 0 Å². The molecular weight excluding hydrogens is 216 g/mol. The molecule has 0 aromatic carbocycles. The van der Waals surface area contributed by atoms with Gasteiger partial charge in [0.2, 0.25) is 0 Å². The minimum atomic E-state index is -0.691. The summed E-state index contributed by atoms with van der Waals surface area (Å²) in [6, 6.07) is 0. The lowest BCUT2D eigenvalue weighted by molar-refractivity contribution is -0.142. The summed E-state index contributed by atoms with van der Waals surface area (Å²) in [7, 11) is 0. The number of carboxylic acid groups (broad SMARTS) is 1. The highest BCUT2D eigenvalue weighted by Gasteiger charge is 2.44. The van der Waals surface area contributed by atoms with E-state index in [1.807, 2.05) is 0 Å². The topological polar surface area (TPSA) is 52.6 Å². The van der Waals surface area contributed by atoms with Gasteiger partial charge >= 0.3 is 5.97 Å². The SMILES string of the molecule is CC(C)CN(CC(C)C)C1(CC(=O)O)CNC1. The summed E-state index contributed by atoms with van der Waals surface area (Å²) in [5.74, 6) is 0.448. The monoisotopic (exact) mass is 242 g/mol. The van der Waals surface area contributed by atoms with Crippen molar-refractivity contribution < 1.29 is 9.90 Å². The van der Waals surface area contributed by atoms with Gasteiger partial charge < -0.3 is 10.4 Å². The van der Waals surface area contributed by atoms with Crippen LogP contribution in [-0.4, -0.2) is 47.7 Å². The second-order valence-corrected chi connectivity index (χ2v) is 6.09. The van der Waals surface area contributed by atoms with Crippen molar-refractivity contribution in [1.82, 2.24) is 10.2 Å². The summed E-state index contributed by atoms with van der Waals surface area (Å²) < 4.78 is 0. The number of carbonyl (C=O) groups is 1. The molecule has 4 heteroatoms. The molecule has 100 valence electrons. The van der Waals surface area contributed by atoms with Crippen molar-refractivity contribution in [2.45, 2.75) is 39.7 Å². The van der Waals surface area contributed by atoms with Crippen LogP contribution in [-0.2, 0) is 4.79 Å². The van der Waals surface area contributed by atoms with Gasteiger partial charge in [-0.15, -0.1) is 0 Å². The zero-order valence-corrected chi connectivity index (χ0v) is 11.5. The third-order valence-electron chi connectivity index (χ3n) is 3.23. The number of nitrogens with zero attached hydrogens (tertiary/aromatic N) is 1. The summed E-state index contributed by atoms with van der Waals surface area (Å²) in [5, 5.41) is 12.3. The van der Waals surface area contributed by atoms with Crippen LogP contribution in [0, 0.1) is 11.8 Å². The van der Waals surface area contributed by atoms with Crippen LogP contribution >= 0.6 is 0 Å². The standard InChI is InChI=1S/C13H26N2O2/c1-10(2)6-15(7-11(3)4)13(5-12(16)17)8-14-9-13/h10-11,14H,5-9H2,1-4H3,(H,16,17). The Hall–Kier alpha value is -0.610. The zero-order valence-electron chi connectivity index (χ0n) is 11.5. The minimum absolute atomic E-state index is 0.152. The van der Waals surface area contributed by atoms with Crippen molar-refractivity contribution in [3.8, 4) is 0 Å². The number of nitrogens with one attached hydrogen (secondary N) is 1. The second kappa shape index (κ2) is 5.83. The van der Waals surface area contributed by atoms with E-state index < -0.39 is 5.97 Å². The molecule has 4 nitrogen and oxygen atoms in total. The van der Waals surface area contributed by atoms with Gasteiger partial charge in [-0.2, -0.15) is 0 Å². The van der Waals surface area contributed by atoms with Crippen LogP contribution in [0.5, 0.6) is 0 Å². The fourth-order valence-corrected chi connectivity index (χ4v) is 2.50. The van der Waals surface area contributed by atoms with Crippen molar-refractivity contribution in [3.05, 3.63) is 0 Å². The lowest BCUT2D eigenvalue weighted by Crippen LogP contribution is -2.70. The number of hydrogen-bond acceptors (Lipinski definition) is 3. The van der Waals surface area contributed by atoms with E-state index in [1.54, 1.807) is 0 Å². The summed E-state index contributed by atoms with van der Waals surface area (Å²) in [6.07, 6.45) is 0.249. The van der Waals surface area contributed by atoms with Crippen molar-refractivity contribution in [2.75, 3.05) is 26.2 Å². The molecular formula is C13H26N2O2. The van der Waals surface area contributed by atoms with Crippen LogP contribution in [0.4, 0.5) is 0 Å². The first kappa shape index (κ1) is 14.5. The maximum absolute atomic E-state index is 11.0. The van der Waals surface area contributed by atoms with E-state index in [0.717, 1.165) is 26.2 Å². The van der Waals surface area contributed by atoms with E-state index in [-0.39, 0.29) is 12.0 Å². The Morgan fingerprint density at radius 2 is 1.71 bits per heavy atom. The Morgan fingerprint density at radius 1 is 1.24 bits per heavy atom. The summed E-state index contributed by atoms with van der Waals surface area (Å²) in [5.41, 5.74) is -0.152. The fourth-order valence-electron chi connectivity index (χ4n) is 2.50. The molecule has 0 spiro atoms. The van der Waals surface area contributed by atoms with E-state index in [2.05, 4.69) is 37.9 Å². The maximum Gasteiger partial charge on any atom is 0.305 e.